The van der Waals surface area contributed by atoms with Crippen molar-refractivity contribution in [1.29, 1.82) is 0 Å². The van der Waals surface area contributed by atoms with Crippen molar-refractivity contribution >= 4 is 11.6 Å². The van der Waals surface area contributed by atoms with Crippen molar-refractivity contribution < 1.29 is 14.3 Å². The van der Waals surface area contributed by atoms with Gasteiger partial charge >= 0.3 is 0 Å². The molecule has 0 radical (unpaired) electrons. The molecule has 1 amide bonds. The first-order valence-electron chi connectivity index (χ1n) is 9.07. The summed E-state index contributed by atoms with van der Waals surface area (Å²) in [4.78, 5) is 14.5. The van der Waals surface area contributed by atoms with Crippen molar-refractivity contribution in [2.24, 2.45) is 0 Å². The average Bonchev–Trinajstić information content (AvgIpc) is 3.31. The summed E-state index contributed by atoms with van der Waals surface area (Å²) in [6, 6.07) is 8.46. The topological polar surface area (TPSA) is 50.8 Å². The van der Waals surface area contributed by atoms with Crippen LogP contribution in [0.5, 0.6) is 0 Å². The average molecular weight is 332 g/mol. The van der Waals surface area contributed by atoms with Gasteiger partial charge in [-0.2, -0.15) is 0 Å². The van der Waals surface area contributed by atoms with E-state index in [1.54, 1.807) is 6.92 Å². The first kappa shape index (κ1) is 17.2. The molecule has 2 aliphatic rings. The molecule has 2 aliphatic heterocycles. The largest absolute Gasteiger partial charge is 0.376 e. The molecule has 0 spiro atoms. The summed E-state index contributed by atoms with van der Waals surface area (Å²) in [5, 5.41) is 2.94. The minimum Gasteiger partial charge on any atom is -0.376 e. The van der Waals surface area contributed by atoms with E-state index in [1.807, 2.05) is 0 Å². The van der Waals surface area contributed by atoms with Gasteiger partial charge in [-0.25, -0.2) is 0 Å². The predicted octanol–water partition coefficient (Wildman–Crippen LogP) is 2.49. The fourth-order valence-electron chi connectivity index (χ4n) is 3.24. The Morgan fingerprint density at radius 3 is 2.71 bits per heavy atom. The van der Waals surface area contributed by atoms with E-state index >= 15 is 0 Å². The maximum Gasteiger partial charge on any atom is 0.249 e. The number of carbonyl (C=O) groups excluding carboxylic acids is 1. The lowest BCUT2D eigenvalue weighted by Gasteiger charge is -2.18. The SMILES string of the molecule is C[C@H](OC[C@@H]1CCCO1)C(=O)NCc1ccc(N2CCCC2)cc1. The van der Waals surface area contributed by atoms with Gasteiger partial charge in [0.15, 0.2) is 0 Å². The second-order valence-corrected chi connectivity index (χ2v) is 6.69. The van der Waals surface area contributed by atoms with Gasteiger partial charge in [0.05, 0.1) is 12.7 Å². The zero-order valence-electron chi connectivity index (χ0n) is 14.5. The third kappa shape index (κ3) is 4.71. The van der Waals surface area contributed by atoms with Crippen molar-refractivity contribution in [2.75, 3.05) is 31.2 Å². The maximum absolute atomic E-state index is 12.1. The normalized spacial score (nSPS) is 21.9. The predicted molar refractivity (Wildman–Crippen MR) is 94.1 cm³/mol. The van der Waals surface area contributed by atoms with E-state index in [0.717, 1.165) is 38.1 Å². The molecule has 2 fully saturated rings. The van der Waals surface area contributed by atoms with Crippen LogP contribution in [0.15, 0.2) is 24.3 Å². The van der Waals surface area contributed by atoms with Crippen molar-refractivity contribution in [3.8, 4) is 0 Å². The van der Waals surface area contributed by atoms with Crippen molar-refractivity contribution in [3.05, 3.63) is 29.8 Å². The van der Waals surface area contributed by atoms with Crippen LogP contribution in [0.25, 0.3) is 0 Å². The number of nitrogens with one attached hydrogen (secondary N) is 1. The van der Waals surface area contributed by atoms with Gasteiger partial charge in [0.25, 0.3) is 0 Å². The summed E-state index contributed by atoms with van der Waals surface area (Å²) in [5.74, 6) is -0.0726. The van der Waals surface area contributed by atoms with E-state index in [0.29, 0.717) is 13.2 Å². The Bertz CT molecular complexity index is 520. The standard InChI is InChI=1S/C19H28N2O3/c1-15(24-14-18-5-4-12-23-18)19(22)20-13-16-6-8-17(9-7-16)21-10-2-3-11-21/h6-9,15,18H,2-5,10-14H2,1H3,(H,20,22)/t15-,18-/m0/s1. The summed E-state index contributed by atoms with van der Waals surface area (Å²) >= 11 is 0. The van der Waals surface area contributed by atoms with Crippen LogP contribution < -0.4 is 10.2 Å². The maximum atomic E-state index is 12.1. The molecule has 0 saturated carbocycles. The summed E-state index contributed by atoms with van der Waals surface area (Å²) in [6.45, 7) is 5.93. The number of hydrogen-bond donors (Lipinski definition) is 1. The molecular formula is C19H28N2O3. The quantitative estimate of drug-likeness (QED) is 0.833. The van der Waals surface area contributed by atoms with Crippen LogP contribution in [0.1, 0.15) is 38.2 Å². The molecule has 1 N–H and O–H groups in total. The first-order chi connectivity index (χ1) is 11.7. The molecule has 132 valence electrons. The van der Waals surface area contributed by atoms with E-state index in [4.69, 9.17) is 9.47 Å². The van der Waals surface area contributed by atoms with Crippen LogP contribution in [-0.4, -0.2) is 44.4 Å². The van der Waals surface area contributed by atoms with Crippen molar-refractivity contribution in [1.82, 2.24) is 5.32 Å². The highest BCUT2D eigenvalue weighted by molar-refractivity contribution is 5.80. The van der Waals surface area contributed by atoms with E-state index in [-0.39, 0.29) is 12.0 Å². The molecule has 2 saturated heterocycles. The number of nitrogens with zero attached hydrogens (tertiary/aromatic N) is 1. The number of amides is 1. The lowest BCUT2D eigenvalue weighted by molar-refractivity contribution is -0.133. The van der Waals surface area contributed by atoms with Crippen LogP contribution >= 0.6 is 0 Å². The van der Waals surface area contributed by atoms with Crippen molar-refractivity contribution in [2.45, 2.75) is 51.4 Å². The molecule has 2 heterocycles. The van der Waals surface area contributed by atoms with E-state index in [2.05, 4.69) is 34.5 Å². The number of rotatable bonds is 7. The van der Waals surface area contributed by atoms with Gasteiger partial charge in [0, 0.05) is 31.9 Å². The number of benzene rings is 1. The Balaban J connectivity index is 1.40. The molecule has 3 rings (SSSR count). The second kappa shape index (κ2) is 8.49. The number of anilines is 1. The van der Waals surface area contributed by atoms with E-state index in [9.17, 15) is 4.79 Å². The van der Waals surface area contributed by atoms with Crippen LogP contribution in [0.2, 0.25) is 0 Å². The third-order valence-corrected chi connectivity index (χ3v) is 4.80. The Morgan fingerprint density at radius 1 is 1.29 bits per heavy atom. The monoisotopic (exact) mass is 332 g/mol. The van der Waals surface area contributed by atoms with Crippen LogP contribution in [-0.2, 0) is 20.8 Å². The zero-order valence-corrected chi connectivity index (χ0v) is 14.5. The molecule has 0 aliphatic carbocycles. The molecule has 1 aromatic carbocycles. The highest BCUT2D eigenvalue weighted by atomic mass is 16.5. The van der Waals surface area contributed by atoms with Crippen LogP contribution in [0.4, 0.5) is 5.69 Å². The highest BCUT2D eigenvalue weighted by Crippen LogP contribution is 2.20. The fourth-order valence-corrected chi connectivity index (χ4v) is 3.24. The molecule has 0 unspecified atom stereocenters. The smallest absolute Gasteiger partial charge is 0.249 e. The van der Waals surface area contributed by atoms with Gasteiger partial charge < -0.3 is 19.7 Å². The zero-order chi connectivity index (χ0) is 16.8. The third-order valence-electron chi connectivity index (χ3n) is 4.80. The van der Waals surface area contributed by atoms with Gasteiger partial charge in [-0.05, 0) is 50.3 Å². The van der Waals surface area contributed by atoms with E-state index in [1.165, 1.54) is 18.5 Å². The van der Waals surface area contributed by atoms with Crippen LogP contribution in [0, 0.1) is 0 Å². The summed E-state index contributed by atoms with van der Waals surface area (Å²) in [6.07, 6.45) is 4.37. The summed E-state index contributed by atoms with van der Waals surface area (Å²) in [7, 11) is 0. The van der Waals surface area contributed by atoms with E-state index < -0.39 is 6.10 Å². The van der Waals surface area contributed by atoms with Gasteiger partial charge in [-0.15, -0.1) is 0 Å². The number of ether oxygens (including phenoxy) is 2. The van der Waals surface area contributed by atoms with Gasteiger partial charge in [-0.3, -0.25) is 4.79 Å². The Morgan fingerprint density at radius 2 is 2.04 bits per heavy atom. The molecule has 0 bridgehead atoms. The minimum atomic E-state index is -0.446. The Labute approximate surface area is 144 Å². The summed E-state index contributed by atoms with van der Waals surface area (Å²) < 4.78 is 11.1. The van der Waals surface area contributed by atoms with Gasteiger partial charge in [0.1, 0.15) is 6.10 Å². The molecule has 5 heteroatoms. The minimum absolute atomic E-state index is 0.0726. The molecule has 0 aromatic heterocycles. The van der Waals surface area contributed by atoms with Gasteiger partial charge in [-0.1, -0.05) is 12.1 Å². The Kier molecular flexibility index (Phi) is 6.10. The number of carbonyl (C=O) groups is 1. The molecule has 24 heavy (non-hydrogen) atoms. The van der Waals surface area contributed by atoms with Crippen LogP contribution in [0.3, 0.4) is 0 Å². The van der Waals surface area contributed by atoms with Gasteiger partial charge in [0.2, 0.25) is 5.91 Å². The first-order valence-corrected chi connectivity index (χ1v) is 9.07. The summed E-state index contributed by atoms with van der Waals surface area (Å²) in [5.41, 5.74) is 2.38. The molecule has 5 nitrogen and oxygen atoms in total. The number of hydrogen-bond acceptors (Lipinski definition) is 4. The Hall–Kier alpha value is -1.59. The lowest BCUT2D eigenvalue weighted by Crippen LogP contribution is -2.35. The lowest BCUT2D eigenvalue weighted by atomic mass is 10.2. The molecular weight excluding hydrogens is 304 g/mol. The second-order valence-electron chi connectivity index (χ2n) is 6.69. The highest BCUT2D eigenvalue weighted by Gasteiger charge is 2.19. The molecule has 2 atom stereocenters. The molecule has 1 aromatic rings. The van der Waals surface area contributed by atoms with Crippen molar-refractivity contribution in [3.63, 3.8) is 0 Å². The fraction of sp³-hybridized carbons (Fsp3) is 0.632.